The van der Waals surface area contributed by atoms with Gasteiger partial charge in [-0.25, -0.2) is 0 Å². The minimum atomic E-state index is 0.265. The third-order valence-electron chi connectivity index (χ3n) is 3.20. The summed E-state index contributed by atoms with van der Waals surface area (Å²) < 4.78 is 0. The number of benzene rings is 1. The average molecular weight is 345 g/mol. The van der Waals surface area contributed by atoms with Crippen LogP contribution in [0.3, 0.4) is 0 Å². The molecule has 0 saturated heterocycles. The lowest BCUT2D eigenvalue weighted by atomic mass is 10.2. The van der Waals surface area contributed by atoms with Gasteiger partial charge in [-0.2, -0.15) is 0 Å². The van der Waals surface area contributed by atoms with E-state index in [4.69, 9.17) is 0 Å². The molecule has 3 aromatic rings. The first-order valence-electron chi connectivity index (χ1n) is 7.18. The molecule has 4 heteroatoms. The van der Waals surface area contributed by atoms with Crippen molar-refractivity contribution in [1.29, 1.82) is 0 Å². The standard InChI is InChI=1S/C18H16OS3/c19-15(8-4-12-20-14-6-2-1-3-7-14)16-10-11-18(22-16)17-9-5-13-21-17/h1-3,5-7,9-11,13H,4,8,12H2. The van der Waals surface area contributed by atoms with Crippen LogP contribution < -0.4 is 0 Å². The fraction of sp³-hybridized carbons (Fsp3) is 0.167. The van der Waals surface area contributed by atoms with E-state index in [9.17, 15) is 4.79 Å². The highest BCUT2D eigenvalue weighted by Crippen LogP contribution is 2.32. The van der Waals surface area contributed by atoms with Gasteiger partial charge in [0.25, 0.3) is 0 Å². The number of rotatable bonds is 7. The quantitative estimate of drug-likeness (QED) is 0.287. The van der Waals surface area contributed by atoms with Crippen LogP contribution in [-0.2, 0) is 0 Å². The summed E-state index contributed by atoms with van der Waals surface area (Å²) in [5.41, 5.74) is 0. The van der Waals surface area contributed by atoms with Crippen LogP contribution in [0.15, 0.2) is 64.9 Å². The zero-order chi connectivity index (χ0) is 15.2. The molecule has 0 amide bonds. The van der Waals surface area contributed by atoms with E-state index in [0.29, 0.717) is 6.42 Å². The summed E-state index contributed by atoms with van der Waals surface area (Å²) in [6, 6.07) is 18.5. The highest BCUT2D eigenvalue weighted by atomic mass is 32.2. The largest absolute Gasteiger partial charge is 0.293 e. The minimum Gasteiger partial charge on any atom is -0.293 e. The molecule has 0 radical (unpaired) electrons. The Kier molecular flexibility index (Phi) is 5.48. The van der Waals surface area contributed by atoms with Crippen LogP contribution in [0.4, 0.5) is 0 Å². The summed E-state index contributed by atoms with van der Waals surface area (Å²) in [5.74, 6) is 1.25. The van der Waals surface area contributed by atoms with Crippen LogP contribution in [-0.4, -0.2) is 11.5 Å². The molecule has 112 valence electrons. The number of Topliss-reactive ketones (excluding diaryl/α,β-unsaturated/α-hetero) is 1. The van der Waals surface area contributed by atoms with Crippen molar-refractivity contribution in [3.8, 4) is 9.75 Å². The van der Waals surface area contributed by atoms with Gasteiger partial charge < -0.3 is 0 Å². The molecular weight excluding hydrogens is 328 g/mol. The molecule has 0 bridgehead atoms. The Morgan fingerprint density at radius 1 is 0.955 bits per heavy atom. The SMILES string of the molecule is O=C(CCCSc1ccccc1)c1ccc(-c2cccs2)s1. The van der Waals surface area contributed by atoms with Crippen LogP contribution in [0, 0.1) is 0 Å². The average Bonchev–Trinajstić information content (AvgIpc) is 3.22. The predicted octanol–water partition coefficient (Wildman–Crippen LogP) is 6.23. The molecule has 0 fully saturated rings. The molecule has 0 unspecified atom stereocenters. The van der Waals surface area contributed by atoms with Gasteiger partial charge in [-0.3, -0.25) is 4.79 Å². The summed E-state index contributed by atoms with van der Waals surface area (Å²) >= 11 is 5.14. The van der Waals surface area contributed by atoms with Gasteiger partial charge in [-0.15, -0.1) is 34.4 Å². The van der Waals surface area contributed by atoms with Gasteiger partial charge in [-0.05, 0) is 47.9 Å². The van der Waals surface area contributed by atoms with E-state index < -0.39 is 0 Å². The van der Waals surface area contributed by atoms with Crippen molar-refractivity contribution in [3.63, 3.8) is 0 Å². The highest BCUT2D eigenvalue weighted by Gasteiger charge is 2.10. The summed E-state index contributed by atoms with van der Waals surface area (Å²) in [7, 11) is 0. The fourth-order valence-corrected chi connectivity index (χ4v) is 4.78. The van der Waals surface area contributed by atoms with Gasteiger partial charge in [0.15, 0.2) is 5.78 Å². The summed E-state index contributed by atoms with van der Waals surface area (Å²) in [6.07, 6.45) is 1.55. The molecule has 0 aliphatic heterocycles. The van der Waals surface area contributed by atoms with Crippen LogP contribution in [0.1, 0.15) is 22.5 Å². The smallest absolute Gasteiger partial charge is 0.172 e. The van der Waals surface area contributed by atoms with Crippen molar-refractivity contribution in [2.45, 2.75) is 17.7 Å². The number of thiophene rings is 2. The van der Waals surface area contributed by atoms with Gasteiger partial charge in [0, 0.05) is 21.1 Å². The van der Waals surface area contributed by atoms with Crippen molar-refractivity contribution in [3.05, 3.63) is 64.9 Å². The molecule has 3 rings (SSSR count). The van der Waals surface area contributed by atoms with Crippen molar-refractivity contribution in [1.82, 2.24) is 0 Å². The zero-order valence-electron chi connectivity index (χ0n) is 12.0. The van der Waals surface area contributed by atoms with Crippen molar-refractivity contribution < 1.29 is 4.79 Å². The third-order valence-corrected chi connectivity index (χ3v) is 6.50. The molecule has 0 aliphatic carbocycles. The minimum absolute atomic E-state index is 0.265. The van der Waals surface area contributed by atoms with Gasteiger partial charge >= 0.3 is 0 Å². The normalized spacial score (nSPS) is 10.7. The molecule has 2 heterocycles. The molecule has 0 N–H and O–H groups in total. The van der Waals surface area contributed by atoms with Crippen LogP contribution in [0.2, 0.25) is 0 Å². The molecule has 0 atom stereocenters. The molecule has 0 aliphatic rings. The number of hydrogen-bond acceptors (Lipinski definition) is 4. The maximum Gasteiger partial charge on any atom is 0.172 e. The Hall–Kier alpha value is -1.36. The molecule has 1 nitrogen and oxygen atoms in total. The van der Waals surface area contributed by atoms with Crippen LogP contribution in [0.5, 0.6) is 0 Å². The number of carbonyl (C=O) groups is 1. The third kappa shape index (κ3) is 4.09. The van der Waals surface area contributed by atoms with Gasteiger partial charge in [-0.1, -0.05) is 24.3 Å². The maximum atomic E-state index is 12.2. The number of ketones is 1. The lowest BCUT2D eigenvalue weighted by molar-refractivity contribution is 0.0986. The molecule has 0 saturated carbocycles. The summed E-state index contributed by atoms with van der Waals surface area (Å²) in [4.78, 5) is 16.8. The van der Waals surface area contributed by atoms with Crippen LogP contribution in [0.25, 0.3) is 9.75 Å². The molecule has 0 spiro atoms. The second-order valence-corrected chi connectivity index (χ2v) is 8.03. The monoisotopic (exact) mass is 344 g/mol. The van der Waals surface area contributed by atoms with E-state index >= 15 is 0 Å². The van der Waals surface area contributed by atoms with Gasteiger partial charge in [0.1, 0.15) is 0 Å². The second kappa shape index (κ2) is 7.77. The van der Waals surface area contributed by atoms with E-state index in [2.05, 4.69) is 29.6 Å². The maximum absolute atomic E-state index is 12.2. The second-order valence-electron chi connectivity index (χ2n) is 4.83. The lowest BCUT2D eigenvalue weighted by Gasteiger charge is -2.00. The Morgan fingerprint density at radius 2 is 1.82 bits per heavy atom. The van der Waals surface area contributed by atoms with Crippen molar-refractivity contribution >= 4 is 40.2 Å². The van der Waals surface area contributed by atoms with E-state index in [1.807, 2.05) is 42.1 Å². The van der Waals surface area contributed by atoms with E-state index in [-0.39, 0.29) is 5.78 Å². The highest BCUT2D eigenvalue weighted by molar-refractivity contribution is 7.99. The molecule has 22 heavy (non-hydrogen) atoms. The Labute approximate surface area is 143 Å². The number of hydrogen-bond donors (Lipinski definition) is 0. The lowest BCUT2D eigenvalue weighted by Crippen LogP contribution is -1.96. The first-order chi connectivity index (χ1) is 10.8. The number of thioether (sulfide) groups is 1. The van der Waals surface area contributed by atoms with Gasteiger partial charge in [0.2, 0.25) is 0 Å². The van der Waals surface area contributed by atoms with E-state index in [1.54, 1.807) is 22.7 Å². The Balaban J connectivity index is 1.48. The van der Waals surface area contributed by atoms with Gasteiger partial charge in [0.05, 0.1) is 4.88 Å². The van der Waals surface area contributed by atoms with E-state index in [0.717, 1.165) is 17.1 Å². The first kappa shape index (κ1) is 15.5. The zero-order valence-corrected chi connectivity index (χ0v) is 14.5. The molecular formula is C18H16OS3. The van der Waals surface area contributed by atoms with E-state index in [1.165, 1.54) is 14.6 Å². The predicted molar refractivity (Wildman–Crippen MR) is 98.4 cm³/mol. The molecule has 2 aromatic heterocycles. The van der Waals surface area contributed by atoms with Crippen molar-refractivity contribution in [2.75, 3.05) is 5.75 Å². The molecule has 1 aromatic carbocycles. The van der Waals surface area contributed by atoms with Crippen molar-refractivity contribution in [2.24, 2.45) is 0 Å². The summed E-state index contributed by atoms with van der Waals surface area (Å²) in [5, 5.41) is 2.07. The Morgan fingerprint density at radius 3 is 2.59 bits per heavy atom. The first-order valence-corrected chi connectivity index (χ1v) is 9.86. The van der Waals surface area contributed by atoms with Crippen LogP contribution >= 0.6 is 34.4 Å². The fourth-order valence-electron chi connectivity index (χ4n) is 2.10. The topological polar surface area (TPSA) is 17.1 Å². The number of carbonyl (C=O) groups excluding carboxylic acids is 1. The summed E-state index contributed by atoms with van der Waals surface area (Å²) in [6.45, 7) is 0. The Bertz CT molecular complexity index is 714.